The number of thiophene rings is 1. The standard InChI is InChI=1S/C14H23N3OS2/c1-16(2)7-8-17(3)14-13(19-4)10(15)12(20-14)11(18)9-5-6-9/h9H,5-8,15H2,1-4H3. The molecule has 0 amide bonds. The zero-order valence-electron chi connectivity index (χ0n) is 12.6. The Balaban J connectivity index is 2.23. The van der Waals surface area contributed by atoms with E-state index >= 15 is 0 Å². The Labute approximate surface area is 129 Å². The molecule has 0 saturated heterocycles. The number of carbonyl (C=O) groups is 1. The van der Waals surface area contributed by atoms with Gasteiger partial charge in [-0.25, -0.2) is 0 Å². The lowest BCUT2D eigenvalue weighted by Crippen LogP contribution is -2.28. The summed E-state index contributed by atoms with van der Waals surface area (Å²) in [6, 6.07) is 0. The molecule has 1 aliphatic rings. The molecular weight excluding hydrogens is 290 g/mol. The summed E-state index contributed by atoms with van der Waals surface area (Å²) >= 11 is 3.19. The average molecular weight is 313 g/mol. The van der Waals surface area contributed by atoms with Crippen LogP contribution in [0.2, 0.25) is 0 Å². The van der Waals surface area contributed by atoms with Crippen molar-refractivity contribution in [2.24, 2.45) is 5.92 Å². The Morgan fingerprint density at radius 1 is 1.35 bits per heavy atom. The van der Waals surface area contributed by atoms with Crippen molar-refractivity contribution >= 4 is 39.6 Å². The number of nitrogen functional groups attached to an aromatic ring is 1. The van der Waals surface area contributed by atoms with Crippen molar-refractivity contribution in [3.63, 3.8) is 0 Å². The van der Waals surface area contributed by atoms with E-state index in [4.69, 9.17) is 5.73 Å². The van der Waals surface area contributed by atoms with E-state index in [2.05, 4.69) is 30.9 Å². The number of rotatable bonds is 7. The van der Waals surface area contributed by atoms with Crippen LogP contribution in [0.5, 0.6) is 0 Å². The van der Waals surface area contributed by atoms with Gasteiger partial charge in [-0.05, 0) is 33.2 Å². The van der Waals surface area contributed by atoms with Crippen LogP contribution < -0.4 is 10.6 Å². The molecule has 0 radical (unpaired) electrons. The maximum absolute atomic E-state index is 12.3. The first-order valence-corrected chi connectivity index (χ1v) is 8.86. The summed E-state index contributed by atoms with van der Waals surface area (Å²) in [7, 11) is 6.20. The van der Waals surface area contributed by atoms with E-state index in [-0.39, 0.29) is 11.7 Å². The topological polar surface area (TPSA) is 49.6 Å². The monoisotopic (exact) mass is 313 g/mol. The van der Waals surface area contributed by atoms with Gasteiger partial charge in [0.2, 0.25) is 0 Å². The average Bonchev–Trinajstić information content (AvgIpc) is 3.19. The molecule has 1 aliphatic carbocycles. The van der Waals surface area contributed by atoms with E-state index in [1.165, 1.54) is 0 Å². The molecule has 0 bridgehead atoms. The van der Waals surface area contributed by atoms with Gasteiger partial charge < -0.3 is 15.5 Å². The summed E-state index contributed by atoms with van der Waals surface area (Å²) in [5, 5.41) is 1.13. The normalized spacial score (nSPS) is 14.8. The van der Waals surface area contributed by atoms with Gasteiger partial charge in [0.1, 0.15) is 5.00 Å². The Morgan fingerprint density at radius 2 is 2.00 bits per heavy atom. The zero-order chi connectivity index (χ0) is 14.9. The number of likely N-dealkylation sites (N-methyl/N-ethyl adjacent to an activating group) is 2. The summed E-state index contributed by atoms with van der Waals surface area (Å²) in [4.78, 5) is 18.5. The van der Waals surface area contributed by atoms with E-state index in [0.29, 0.717) is 5.69 Å². The summed E-state index contributed by atoms with van der Waals surface area (Å²) in [6.45, 7) is 1.91. The third-order valence-corrected chi connectivity index (χ3v) is 5.77. The smallest absolute Gasteiger partial charge is 0.178 e. The Hall–Kier alpha value is -0.720. The first kappa shape index (κ1) is 15.7. The minimum Gasteiger partial charge on any atom is -0.396 e. The Bertz CT molecular complexity index is 495. The number of nitrogens with zero attached hydrogens (tertiary/aromatic N) is 2. The molecular formula is C14H23N3OS2. The third-order valence-electron chi connectivity index (χ3n) is 3.49. The highest BCUT2D eigenvalue weighted by atomic mass is 32.2. The zero-order valence-corrected chi connectivity index (χ0v) is 14.2. The number of hydrogen-bond acceptors (Lipinski definition) is 6. The van der Waals surface area contributed by atoms with Gasteiger partial charge in [-0.1, -0.05) is 0 Å². The molecule has 112 valence electrons. The second-order valence-corrected chi connectivity index (χ2v) is 7.36. The molecule has 1 heterocycles. The molecule has 1 aromatic rings. The van der Waals surface area contributed by atoms with Gasteiger partial charge in [-0.2, -0.15) is 0 Å². The molecule has 4 nitrogen and oxygen atoms in total. The molecule has 0 unspecified atom stereocenters. The van der Waals surface area contributed by atoms with E-state index in [1.54, 1.807) is 23.1 Å². The highest BCUT2D eigenvalue weighted by Gasteiger charge is 2.34. The number of nitrogens with two attached hydrogens (primary N) is 1. The van der Waals surface area contributed by atoms with Crippen molar-refractivity contribution in [1.29, 1.82) is 0 Å². The number of thioether (sulfide) groups is 1. The summed E-state index contributed by atoms with van der Waals surface area (Å²) in [5.74, 6) is 0.473. The van der Waals surface area contributed by atoms with Crippen LogP contribution in [0.3, 0.4) is 0 Å². The van der Waals surface area contributed by atoms with Crippen molar-refractivity contribution < 1.29 is 4.79 Å². The molecule has 2 rings (SSSR count). The molecule has 1 saturated carbocycles. The molecule has 20 heavy (non-hydrogen) atoms. The Kier molecular flexibility index (Phi) is 4.99. The molecule has 6 heteroatoms. The number of anilines is 2. The van der Waals surface area contributed by atoms with Crippen molar-refractivity contribution in [2.75, 3.05) is 51.1 Å². The van der Waals surface area contributed by atoms with Crippen LogP contribution in [-0.4, -0.2) is 51.2 Å². The lowest BCUT2D eigenvalue weighted by molar-refractivity contribution is 0.0972. The van der Waals surface area contributed by atoms with Crippen LogP contribution in [0, 0.1) is 5.92 Å². The summed E-state index contributed by atoms with van der Waals surface area (Å²) in [6.07, 6.45) is 4.07. The van der Waals surface area contributed by atoms with Crippen LogP contribution in [0.1, 0.15) is 22.5 Å². The second-order valence-electron chi connectivity index (χ2n) is 5.55. The van der Waals surface area contributed by atoms with E-state index in [1.807, 2.05) is 6.26 Å². The third kappa shape index (κ3) is 3.30. The van der Waals surface area contributed by atoms with Crippen LogP contribution in [0.15, 0.2) is 4.90 Å². The number of Topliss-reactive ketones (excluding diaryl/α,β-unsaturated/α-hetero) is 1. The lowest BCUT2D eigenvalue weighted by atomic mass is 10.2. The largest absolute Gasteiger partial charge is 0.396 e. The fourth-order valence-electron chi connectivity index (χ4n) is 2.03. The quantitative estimate of drug-likeness (QED) is 0.619. The van der Waals surface area contributed by atoms with Gasteiger partial charge in [0.05, 0.1) is 15.5 Å². The first-order chi connectivity index (χ1) is 9.45. The number of ketones is 1. The predicted octanol–water partition coefficient (Wildman–Crippen LogP) is 2.64. The van der Waals surface area contributed by atoms with Crippen molar-refractivity contribution in [2.45, 2.75) is 17.7 Å². The predicted molar refractivity (Wildman–Crippen MR) is 89.4 cm³/mol. The second kappa shape index (κ2) is 6.37. The van der Waals surface area contributed by atoms with E-state index in [9.17, 15) is 4.79 Å². The maximum Gasteiger partial charge on any atom is 0.178 e. The maximum atomic E-state index is 12.3. The first-order valence-electron chi connectivity index (χ1n) is 6.82. The minimum absolute atomic E-state index is 0.227. The molecule has 0 spiro atoms. The lowest BCUT2D eigenvalue weighted by Gasteiger charge is -2.21. The van der Waals surface area contributed by atoms with Crippen LogP contribution >= 0.6 is 23.1 Å². The Morgan fingerprint density at radius 3 is 2.50 bits per heavy atom. The minimum atomic E-state index is 0.227. The molecule has 0 aliphatic heterocycles. The molecule has 2 N–H and O–H groups in total. The molecule has 0 atom stereocenters. The van der Waals surface area contributed by atoms with Crippen LogP contribution in [0.25, 0.3) is 0 Å². The van der Waals surface area contributed by atoms with Gasteiger partial charge in [0, 0.05) is 26.1 Å². The number of carbonyl (C=O) groups excluding carboxylic acids is 1. The highest BCUT2D eigenvalue weighted by Crippen LogP contribution is 2.46. The fourth-order valence-corrected chi connectivity index (χ4v) is 4.24. The SMILES string of the molecule is CSc1c(N(C)CCN(C)C)sc(C(=O)C2CC2)c1N. The van der Waals surface area contributed by atoms with Crippen LogP contribution in [0.4, 0.5) is 10.7 Å². The molecule has 0 aromatic carbocycles. The van der Waals surface area contributed by atoms with Gasteiger partial charge in [-0.3, -0.25) is 4.79 Å². The van der Waals surface area contributed by atoms with Crippen molar-refractivity contribution in [3.8, 4) is 0 Å². The van der Waals surface area contributed by atoms with Gasteiger partial charge in [0.25, 0.3) is 0 Å². The van der Waals surface area contributed by atoms with Gasteiger partial charge in [0.15, 0.2) is 5.78 Å². The number of hydrogen-bond donors (Lipinski definition) is 1. The van der Waals surface area contributed by atoms with E-state index in [0.717, 1.165) is 40.7 Å². The van der Waals surface area contributed by atoms with Gasteiger partial charge in [-0.15, -0.1) is 23.1 Å². The molecule has 1 fully saturated rings. The van der Waals surface area contributed by atoms with E-state index < -0.39 is 0 Å². The fraction of sp³-hybridized carbons (Fsp3) is 0.643. The summed E-state index contributed by atoms with van der Waals surface area (Å²) in [5.41, 5.74) is 6.89. The van der Waals surface area contributed by atoms with Crippen LogP contribution in [-0.2, 0) is 0 Å². The van der Waals surface area contributed by atoms with Gasteiger partial charge >= 0.3 is 0 Å². The molecule has 1 aromatic heterocycles. The van der Waals surface area contributed by atoms with Crippen molar-refractivity contribution in [3.05, 3.63) is 4.88 Å². The highest BCUT2D eigenvalue weighted by molar-refractivity contribution is 7.99. The van der Waals surface area contributed by atoms with Crippen molar-refractivity contribution in [1.82, 2.24) is 4.90 Å². The summed E-state index contributed by atoms with van der Waals surface area (Å²) < 4.78 is 0.